The van der Waals surface area contributed by atoms with E-state index in [2.05, 4.69) is 77.7 Å². The number of benzene rings is 2. The maximum absolute atomic E-state index is 5.73. The second-order valence-electron chi connectivity index (χ2n) is 5.26. The number of hydrogen-bond acceptors (Lipinski definition) is 3. The van der Waals surface area contributed by atoms with Gasteiger partial charge in [0.25, 0.3) is 0 Å². The molecule has 0 aliphatic heterocycles. The van der Waals surface area contributed by atoms with Gasteiger partial charge in [-0.05, 0) is 55.7 Å². The third-order valence-electron chi connectivity index (χ3n) is 3.47. The van der Waals surface area contributed by atoms with Crippen LogP contribution in [0.1, 0.15) is 16.7 Å². The first kappa shape index (κ1) is 16.6. The molecule has 0 amide bonds. The van der Waals surface area contributed by atoms with E-state index in [9.17, 15) is 0 Å². The Bertz CT molecular complexity index is 584. The van der Waals surface area contributed by atoms with Crippen molar-refractivity contribution in [1.29, 1.82) is 0 Å². The molecule has 0 aromatic heterocycles. The summed E-state index contributed by atoms with van der Waals surface area (Å²) in [4.78, 5) is 1.26. The second kappa shape index (κ2) is 7.99. The molecule has 0 aliphatic rings. The fourth-order valence-corrected chi connectivity index (χ4v) is 3.38. The number of hydrazine groups is 1. The maximum Gasteiger partial charge on any atom is 0.0345 e. The third kappa shape index (κ3) is 5.15. The van der Waals surface area contributed by atoms with Crippen molar-refractivity contribution in [2.45, 2.75) is 31.2 Å². The molecule has 2 rings (SSSR count). The van der Waals surface area contributed by atoms with Crippen LogP contribution in [0.25, 0.3) is 0 Å². The van der Waals surface area contributed by atoms with Crippen LogP contribution in [0.5, 0.6) is 0 Å². The van der Waals surface area contributed by atoms with E-state index in [4.69, 9.17) is 5.84 Å². The van der Waals surface area contributed by atoms with Crippen LogP contribution < -0.4 is 11.3 Å². The summed E-state index contributed by atoms with van der Waals surface area (Å²) < 4.78 is 1.11. The van der Waals surface area contributed by atoms with Crippen molar-refractivity contribution in [2.75, 3.05) is 5.75 Å². The lowest BCUT2D eigenvalue weighted by atomic mass is 10.00. The van der Waals surface area contributed by atoms with Gasteiger partial charge in [-0.1, -0.05) is 39.7 Å². The number of halogens is 1. The fraction of sp³-hybridized carbons (Fsp3) is 0.294. The van der Waals surface area contributed by atoms with E-state index in [1.54, 1.807) is 0 Å². The van der Waals surface area contributed by atoms with Gasteiger partial charge in [0.15, 0.2) is 0 Å². The summed E-state index contributed by atoms with van der Waals surface area (Å²) in [6.45, 7) is 4.29. The SMILES string of the molecule is Cc1ccc(C)c(CC(CSc2ccc(Br)cc2)NN)c1. The van der Waals surface area contributed by atoms with Gasteiger partial charge in [0.05, 0.1) is 0 Å². The fourth-order valence-electron chi connectivity index (χ4n) is 2.18. The monoisotopic (exact) mass is 364 g/mol. The van der Waals surface area contributed by atoms with Gasteiger partial charge in [0.2, 0.25) is 0 Å². The zero-order valence-corrected chi connectivity index (χ0v) is 14.8. The quantitative estimate of drug-likeness (QED) is 0.457. The molecule has 0 bridgehead atoms. The molecule has 4 heteroatoms. The highest BCUT2D eigenvalue weighted by molar-refractivity contribution is 9.10. The Hall–Kier alpha value is -0.810. The molecule has 112 valence electrons. The molecule has 1 unspecified atom stereocenters. The van der Waals surface area contributed by atoms with Crippen LogP contribution >= 0.6 is 27.7 Å². The summed E-state index contributed by atoms with van der Waals surface area (Å²) in [6.07, 6.45) is 0.952. The number of nitrogens with two attached hydrogens (primary N) is 1. The molecule has 0 fully saturated rings. The van der Waals surface area contributed by atoms with Crippen LogP contribution in [0.2, 0.25) is 0 Å². The molecule has 2 aromatic carbocycles. The summed E-state index contributed by atoms with van der Waals surface area (Å²) in [7, 11) is 0. The van der Waals surface area contributed by atoms with Crippen LogP contribution in [-0.2, 0) is 6.42 Å². The number of aryl methyl sites for hydroxylation is 2. The first-order valence-corrected chi connectivity index (χ1v) is 8.77. The van der Waals surface area contributed by atoms with Crippen molar-refractivity contribution in [3.05, 3.63) is 63.6 Å². The van der Waals surface area contributed by atoms with Gasteiger partial charge in [-0.25, -0.2) is 0 Å². The minimum Gasteiger partial charge on any atom is -0.271 e. The van der Waals surface area contributed by atoms with Crippen molar-refractivity contribution in [3.63, 3.8) is 0 Å². The summed E-state index contributed by atoms with van der Waals surface area (Å²) >= 11 is 5.28. The number of thioether (sulfide) groups is 1. The third-order valence-corrected chi connectivity index (χ3v) is 5.17. The molecule has 0 spiro atoms. The molecule has 1 atom stereocenters. The van der Waals surface area contributed by atoms with E-state index in [0.717, 1.165) is 16.6 Å². The van der Waals surface area contributed by atoms with Crippen molar-refractivity contribution in [3.8, 4) is 0 Å². The molecule has 0 radical (unpaired) electrons. The van der Waals surface area contributed by atoms with Crippen LogP contribution in [-0.4, -0.2) is 11.8 Å². The topological polar surface area (TPSA) is 38.0 Å². The van der Waals surface area contributed by atoms with E-state index in [1.807, 2.05) is 11.8 Å². The Morgan fingerprint density at radius 3 is 2.52 bits per heavy atom. The standard InChI is InChI=1S/C17H21BrN2S/c1-12-3-4-13(2)14(9-12)10-16(20-19)11-21-17-7-5-15(18)6-8-17/h3-9,16,20H,10-11,19H2,1-2H3. The predicted molar refractivity (Wildman–Crippen MR) is 95.6 cm³/mol. The zero-order valence-electron chi connectivity index (χ0n) is 12.4. The molecule has 0 aliphatic carbocycles. The van der Waals surface area contributed by atoms with Crippen molar-refractivity contribution in [1.82, 2.24) is 5.43 Å². The van der Waals surface area contributed by atoms with Crippen molar-refractivity contribution in [2.24, 2.45) is 5.84 Å². The first-order valence-electron chi connectivity index (χ1n) is 6.99. The van der Waals surface area contributed by atoms with Gasteiger partial charge < -0.3 is 0 Å². The largest absolute Gasteiger partial charge is 0.271 e. The molecular formula is C17H21BrN2S. The van der Waals surface area contributed by atoms with E-state index in [1.165, 1.54) is 21.6 Å². The number of nitrogens with one attached hydrogen (secondary N) is 1. The summed E-state index contributed by atoms with van der Waals surface area (Å²) in [5.74, 6) is 6.68. The van der Waals surface area contributed by atoms with Gasteiger partial charge >= 0.3 is 0 Å². The highest BCUT2D eigenvalue weighted by Gasteiger charge is 2.10. The molecule has 0 heterocycles. The molecule has 21 heavy (non-hydrogen) atoms. The minimum atomic E-state index is 0.263. The van der Waals surface area contributed by atoms with Gasteiger partial charge in [-0.15, -0.1) is 11.8 Å². The average Bonchev–Trinajstić information content (AvgIpc) is 2.48. The number of hydrogen-bond donors (Lipinski definition) is 2. The highest BCUT2D eigenvalue weighted by atomic mass is 79.9. The molecular weight excluding hydrogens is 344 g/mol. The van der Waals surface area contributed by atoms with Crippen LogP contribution in [0.4, 0.5) is 0 Å². The van der Waals surface area contributed by atoms with Crippen LogP contribution in [0.15, 0.2) is 51.8 Å². The van der Waals surface area contributed by atoms with E-state index in [-0.39, 0.29) is 6.04 Å². The van der Waals surface area contributed by atoms with Crippen molar-refractivity contribution >= 4 is 27.7 Å². The van der Waals surface area contributed by atoms with E-state index in [0.29, 0.717) is 0 Å². The Morgan fingerprint density at radius 1 is 1.14 bits per heavy atom. The second-order valence-corrected chi connectivity index (χ2v) is 7.27. The van der Waals surface area contributed by atoms with E-state index < -0.39 is 0 Å². The summed E-state index contributed by atoms with van der Waals surface area (Å²) in [6, 6.07) is 15.2. The molecule has 0 saturated heterocycles. The summed E-state index contributed by atoms with van der Waals surface area (Å²) in [5.41, 5.74) is 6.94. The van der Waals surface area contributed by atoms with Crippen LogP contribution in [0, 0.1) is 13.8 Å². The van der Waals surface area contributed by atoms with Gasteiger partial charge in [0.1, 0.15) is 0 Å². The zero-order chi connectivity index (χ0) is 15.2. The average molecular weight is 365 g/mol. The predicted octanol–water partition coefficient (Wildman–Crippen LogP) is 4.23. The van der Waals surface area contributed by atoms with Gasteiger partial charge in [-0.3, -0.25) is 11.3 Å². The normalized spacial score (nSPS) is 12.4. The van der Waals surface area contributed by atoms with E-state index >= 15 is 0 Å². The molecule has 3 N–H and O–H groups in total. The maximum atomic E-state index is 5.73. The summed E-state index contributed by atoms with van der Waals surface area (Å²) in [5, 5.41) is 0. The van der Waals surface area contributed by atoms with Crippen molar-refractivity contribution < 1.29 is 0 Å². The highest BCUT2D eigenvalue weighted by Crippen LogP contribution is 2.22. The minimum absolute atomic E-state index is 0.263. The van der Waals surface area contributed by atoms with Gasteiger partial charge in [-0.2, -0.15) is 0 Å². The Labute approximate surface area is 139 Å². The molecule has 2 nitrogen and oxygen atoms in total. The Morgan fingerprint density at radius 2 is 1.86 bits per heavy atom. The lowest BCUT2D eigenvalue weighted by Crippen LogP contribution is -2.38. The molecule has 2 aromatic rings. The van der Waals surface area contributed by atoms with Gasteiger partial charge in [0, 0.05) is 21.2 Å². The Balaban J connectivity index is 1.96. The molecule has 0 saturated carbocycles. The smallest absolute Gasteiger partial charge is 0.0345 e. The van der Waals surface area contributed by atoms with Crippen LogP contribution in [0.3, 0.4) is 0 Å². The first-order chi connectivity index (χ1) is 10.1. The number of rotatable bonds is 6. The lowest BCUT2D eigenvalue weighted by Gasteiger charge is -2.17. The Kier molecular flexibility index (Phi) is 6.30. The lowest BCUT2D eigenvalue weighted by molar-refractivity contribution is 0.574.